The van der Waals surface area contributed by atoms with Gasteiger partial charge in [-0.3, -0.25) is 4.79 Å². The predicted molar refractivity (Wildman–Crippen MR) is 214 cm³/mol. The van der Waals surface area contributed by atoms with E-state index in [4.69, 9.17) is 23.7 Å². The summed E-state index contributed by atoms with van der Waals surface area (Å²) >= 11 is 0. The van der Waals surface area contributed by atoms with E-state index in [-0.39, 0.29) is 5.78 Å². The fraction of sp³-hybridized carbons (Fsp3) is 0.578. The minimum atomic E-state index is -0.0154. The van der Waals surface area contributed by atoms with E-state index < -0.39 is 0 Å². The lowest BCUT2D eigenvalue weighted by Gasteiger charge is -2.20. The minimum Gasteiger partial charge on any atom is -0.493 e. The Kier molecular flexibility index (Phi) is 17.0. The lowest BCUT2D eigenvalue weighted by molar-refractivity contribution is 0.101. The molecule has 0 fully saturated rings. The highest BCUT2D eigenvalue weighted by molar-refractivity contribution is 6.27. The number of fused-ring (bicyclic) bond motifs is 6. The number of ketones is 1. The molecular formula is C45H64O6. The lowest BCUT2D eigenvalue weighted by Crippen LogP contribution is -2.05. The summed E-state index contributed by atoms with van der Waals surface area (Å²) in [7, 11) is 0. The molecule has 0 saturated heterocycles. The molecule has 0 aliphatic carbocycles. The van der Waals surface area contributed by atoms with Gasteiger partial charge in [0.2, 0.25) is 0 Å². The van der Waals surface area contributed by atoms with Crippen LogP contribution in [-0.2, 0) is 0 Å². The highest BCUT2D eigenvalue weighted by Crippen LogP contribution is 2.46. The van der Waals surface area contributed by atoms with Gasteiger partial charge in [0.15, 0.2) is 28.8 Å². The van der Waals surface area contributed by atoms with Crippen LogP contribution in [-0.4, -0.2) is 38.8 Å². The van der Waals surface area contributed by atoms with Crippen LogP contribution in [0.1, 0.15) is 148 Å². The minimum absolute atomic E-state index is 0.0154. The Labute approximate surface area is 307 Å². The molecular weight excluding hydrogens is 636 g/mol. The third kappa shape index (κ3) is 11.2. The van der Waals surface area contributed by atoms with Gasteiger partial charge in [-0.1, -0.05) is 98.8 Å². The van der Waals surface area contributed by atoms with Crippen molar-refractivity contribution >= 4 is 38.1 Å². The molecule has 0 aliphatic heterocycles. The van der Waals surface area contributed by atoms with Crippen molar-refractivity contribution < 1.29 is 28.5 Å². The fourth-order valence-electron chi connectivity index (χ4n) is 6.55. The SMILES string of the molecule is CCCCCOc1cc2c3cc(OCCCCC)c(OCCCCC)cc3c3cc(C(C)=O)c(OCCCCC)cc3c2cc1OCCCCC. The zero-order valence-corrected chi connectivity index (χ0v) is 32.6. The van der Waals surface area contributed by atoms with Crippen molar-refractivity contribution in [3.05, 3.63) is 42.0 Å². The van der Waals surface area contributed by atoms with Crippen molar-refractivity contribution in [3.8, 4) is 28.7 Å². The van der Waals surface area contributed by atoms with Crippen LogP contribution < -0.4 is 23.7 Å². The van der Waals surface area contributed by atoms with Crippen molar-refractivity contribution in [2.45, 2.75) is 138 Å². The molecule has 0 bridgehead atoms. The monoisotopic (exact) mass is 700 g/mol. The van der Waals surface area contributed by atoms with Gasteiger partial charge >= 0.3 is 0 Å². The summed E-state index contributed by atoms with van der Waals surface area (Å²) in [4.78, 5) is 13.1. The molecule has 51 heavy (non-hydrogen) atoms. The molecule has 4 aromatic carbocycles. The van der Waals surface area contributed by atoms with Gasteiger partial charge in [0, 0.05) is 0 Å². The average molecular weight is 701 g/mol. The lowest BCUT2D eigenvalue weighted by atomic mass is 9.91. The summed E-state index contributed by atoms with van der Waals surface area (Å²) in [6, 6.07) is 12.7. The smallest absolute Gasteiger partial charge is 0.163 e. The molecule has 6 heteroatoms. The first kappa shape index (κ1) is 40.1. The van der Waals surface area contributed by atoms with E-state index in [1.54, 1.807) is 6.92 Å². The van der Waals surface area contributed by atoms with Gasteiger partial charge in [-0.2, -0.15) is 0 Å². The van der Waals surface area contributed by atoms with Gasteiger partial charge in [0.1, 0.15) is 5.75 Å². The van der Waals surface area contributed by atoms with Crippen LogP contribution in [0.25, 0.3) is 32.3 Å². The van der Waals surface area contributed by atoms with Gasteiger partial charge < -0.3 is 23.7 Å². The predicted octanol–water partition coefficient (Wildman–Crippen LogP) is 13.2. The number of unbranched alkanes of at least 4 members (excludes halogenated alkanes) is 10. The Morgan fingerprint density at radius 3 is 0.863 bits per heavy atom. The van der Waals surface area contributed by atoms with E-state index in [9.17, 15) is 4.79 Å². The van der Waals surface area contributed by atoms with Gasteiger partial charge in [-0.15, -0.1) is 0 Å². The molecule has 0 amide bonds. The number of ether oxygens (including phenoxy) is 5. The number of carbonyl (C=O) groups is 1. The standard InChI is InChI=1S/C45H64O6/c1-7-12-17-22-47-41-28-36-35(27-34(41)33(6)46)37-29-42(48-23-18-13-8-2)44(50-25-20-15-10-4)31-39(37)40-32-45(51-26-21-16-11-5)43(30-38(36)40)49-24-19-14-9-3/h27-32H,7-26H2,1-6H3. The third-order valence-corrected chi connectivity index (χ3v) is 9.56. The molecule has 0 heterocycles. The second kappa shape index (κ2) is 21.6. The van der Waals surface area contributed by atoms with Crippen LogP contribution in [0.4, 0.5) is 0 Å². The highest BCUT2D eigenvalue weighted by atomic mass is 16.5. The normalized spacial score (nSPS) is 11.4. The van der Waals surface area contributed by atoms with E-state index in [2.05, 4.69) is 65.0 Å². The number of hydrogen-bond acceptors (Lipinski definition) is 6. The highest BCUT2D eigenvalue weighted by Gasteiger charge is 2.21. The molecule has 0 aliphatic rings. The van der Waals surface area contributed by atoms with Gasteiger partial charge in [0.25, 0.3) is 0 Å². The van der Waals surface area contributed by atoms with Crippen LogP contribution in [0, 0.1) is 0 Å². The third-order valence-electron chi connectivity index (χ3n) is 9.56. The Morgan fingerprint density at radius 1 is 0.373 bits per heavy atom. The summed E-state index contributed by atoms with van der Waals surface area (Å²) in [5, 5.41) is 6.12. The zero-order chi connectivity index (χ0) is 36.4. The Morgan fingerprint density at radius 2 is 0.608 bits per heavy atom. The first-order valence-corrected chi connectivity index (χ1v) is 20.2. The summed E-state index contributed by atoms with van der Waals surface area (Å²) < 4.78 is 32.3. The summed E-state index contributed by atoms with van der Waals surface area (Å²) in [6.07, 6.45) is 16.1. The van der Waals surface area contributed by atoms with Crippen molar-refractivity contribution in [3.63, 3.8) is 0 Å². The summed E-state index contributed by atoms with van der Waals surface area (Å²) in [5.74, 6) is 3.62. The molecule has 0 radical (unpaired) electrons. The Bertz CT molecular complexity index is 1630. The van der Waals surface area contributed by atoms with E-state index in [0.29, 0.717) is 44.3 Å². The number of benzene rings is 4. The van der Waals surface area contributed by atoms with Crippen molar-refractivity contribution in [1.29, 1.82) is 0 Å². The molecule has 4 aromatic rings. The summed E-state index contributed by atoms with van der Waals surface area (Å²) in [6.45, 7) is 15.7. The number of carbonyl (C=O) groups excluding carboxylic acids is 1. The van der Waals surface area contributed by atoms with Crippen LogP contribution in [0.3, 0.4) is 0 Å². The van der Waals surface area contributed by atoms with E-state index in [1.807, 2.05) is 6.07 Å². The van der Waals surface area contributed by atoms with Crippen molar-refractivity contribution in [1.82, 2.24) is 0 Å². The second-order valence-electron chi connectivity index (χ2n) is 13.9. The van der Waals surface area contributed by atoms with Crippen molar-refractivity contribution in [2.75, 3.05) is 33.0 Å². The van der Waals surface area contributed by atoms with Crippen LogP contribution in [0.15, 0.2) is 36.4 Å². The van der Waals surface area contributed by atoms with Gasteiger partial charge in [0.05, 0.1) is 38.6 Å². The average Bonchev–Trinajstić information content (AvgIpc) is 3.13. The topological polar surface area (TPSA) is 63.2 Å². The molecule has 280 valence electrons. The molecule has 6 nitrogen and oxygen atoms in total. The van der Waals surface area contributed by atoms with Crippen LogP contribution >= 0.6 is 0 Å². The molecule has 4 rings (SSSR count). The molecule has 0 saturated carbocycles. The number of Topliss-reactive ketones (excluding diaryl/α,β-unsaturated/α-hetero) is 1. The summed E-state index contributed by atoms with van der Waals surface area (Å²) in [5.41, 5.74) is 0.594. The van der Waals surface area contributed by atoms with Crippen LogP contribution in [0.5, 0.6) is 28.7 Å². The van der Waals surface area contributed by atoms with Crippen LogP contribution in [0.2, 0.25) is 0 Å². The fourth-order valence-corrected chi connectivity index (χ4v) is 6.55. The maximum absolute atomic E-state index is 13.1. The van der Waals surface area contributed by atoms with Gasteiger partial charge in [-0.25, -0.2) is 0 Å². The van der Waals surface area contributed by atoms with E-state index >= 15 is 0 Å². The van der Waals surface area contributed by atoms with Crippen molar-refractivity contribution in [2.24, 2.45) is 0 Å². The number of hydrogen-bond donors (Lipinski definition) is 0. The molecule has 0 unspecified atom stereocenters. The van der Waals surface area contributed by atoms with E-state index in [0.717, 1.165) is 152 Å². The molecule has 0 N–H and O–H groups in total. The maximum atomic E-state index is 13.1. The molecule has 0 spiro atoms. The Hall–Kier alpha value is -3.67. The quantitative estimate of drug-likeness (QED) is 0.0369. The largest absolute Gasteiger partial charge is 0.493 e. The van der Waals surface area contributed by atoms with E-state index in [1.165, 1.54) is 0 Å². The molecule has 0 atom stereocenters. The maximum Gasteiger partial charge on any atom is 0.163 e. The molecule has 0 aromatic heterocycles. The first-order chi connectivity index (χ1) is 25.0. The zero-order valence-electron chi connectivity index (χ0n) is 32.6. The second-order valence-corrected chi connectivity index (χ2v) is 13.9. The Balaban J connectivity index is 2.01. The van der Waals surface area contributed by atoms with Gasteiger partial charge in [-0.05, 0) is 108 Å². The first-order valence-electron chi connectivity index (χ1n) is 20.2. The number of rotatable bonds is 26.